The highest BCUT2D eigenvalue weighted by Gasteiger charge is 2.27. The molecule has 0 atom stereocenters. The Morgan fingerprint density at radius 2 is 2.13 bits per heavy atom. The van der Waals surface area contributed by atoms with Crippen LogP contribution in [0.1, 0.15) is 50.6 Å². The van der Waals surface area contributed by atoms with Crippen molar-refractivity contribution in [3.8, 4) is 0 Å². The molecule has 5 nitrogen and oxygen atoms in total. The van der Waals surface area contributed by atoms with Gasteiger partial charge in [-0.3, -0.25) is 0 Å². The summed E-state index contributed by atoms with van der Waals surface area (Å²) in [6.45, 7) is 8.02. The van der Waals surface area contributed by atoms with Crippen LogP contribution in [0.5, 0.6) is 0 Å². The standard InChI is InChI=1S/C10H16N2O3/c1-5-10(3,4)9-11-7(12-15-9)8(13)14-6-2/h5-6H2,1-4H3. The zero-order valence-corrected chi connectivity index (χ0v) is 9.53. The Morgan fingerprint density at radius 3 is 2.67 bits per heavy atom. The van der Waals surface area contributed by atoms with E-state index in [9.17, 15) is 4.79 Å². The molecule has 1 heterocycles. The molecule has 1 rings (SSSR count). The second-order valence-corrected chi connectivity index (χ2v) is 3.88. The van der Waals surface area contributed by atoms with Gasteiger partial charge in [0, 0.05) is 5.41 Å². The molecule has 0 aliphatic heterocycles. The van der Waals surface area contributed by atoms with Gasteiger partial charge in [0.15, 0.2) is 0 Å². The summed E-state index contributed by atoms with van der Waals surface area (Å²) in [5.41, 5.74) is -0.211. The van der Waals surface area contributed by atoms with E-state index >= 15 is 0 Å². The number of nitrogens with zero attached hydrogens (tertiary/aromatic N) is 2. The first-order valence-corrected chi connectivity index (χ1v) is 5.02. The van der Waals surface area contributed by atoms with Gasteiger partial charge in [-0.1, -0.05) is 20.8 Å². The predicted molar refractivity (Wildman–Crippen MR) is 53.6 cm³/mol. The quantitative estimate of drug-likeness (QED) is 0.713. The van der Waals surface area contributed by atoms with Crippen molar-refractivity contribution in [3.05, 3.63) is 11.7 Å². The van der Waals surface area contributed by atoms with Crippen molar-refractivity contribution in [3.63, 3.8) is 0 Å². The second-order valence-electron chi connectivity index (χ2n) is 3.88. The van der Waals surface area contributed by atoms with Crippen LogP contribution in [0, 0.1) is 0 Å². The Balaban J connectivity index is 2.85. The molecule has 0 aromatic carbocycles. The summed E-state index contributed by atoms with van der Waals surface area (Å²) in [7, 11) is 0. The lowest BCUT2D eigenvalue weighted by Crippen LogP contribution is -2.16. The van der Waals surface area contributed by atoms with E-state index in [1.807, 2.05) is 20.8 Å². The fourth-order valence-electron chi connectivity index (χ4n) is 0.928. The van der Waals surface area contributed by atoms with Crippen molar-refractivity contribution in [2.45, 2.75) is 39.5 Å². The lowest BCUT2D eigenvalue weighted by molar-refractivity contribution is 0.0508. The van der Waals surface area contributed by atoms with Crippen molar-refractivity contribution in [2.24, 2.45) is 0 Å². The number of rotatable bonds is 4. The Kier molecular flexibility index (Phi) is 3.44. The van der Waals surface area contributed by atoms with Crippen LogP contribution in [0.4, 0.5) is 0 Å². The van der Waals surface area contributed by atoms with Crippen LogP contribution in [-0.4, -0.2) is 22.7 Å². The first-order valence-electron chi connectivity index (χ1n) is 5.02. The largest absolute Gasteiger partial charge is 0.460 e. The Bertz CT molecular complexity index is 344. The van der Waals surface area contributed by atoms with Gasteiger partial charge in [-0.2, -0.15) is 4.98 Å². The van der Waals surface area contributed by atoms with Crippen LogP contribution in [0.25, 0.3) is 0 Å². The summed E-state index contributed by atoms with van der Waals surface area (Å²) in [6.07, 6.45) is 0.859. The average molecular weight is 212 g/mol. The van der Waals surface area contributed by atoms with Gasteiger partial charge >= 0.3 is 5.97 Å². The summed E-state index contributed by atoms with van der Waals surface area (Å²) in [5.74, 6) is -0.0826. The molecule has 0 bridgehead atoms. The van der Waals surface area contributed by atoms with E-state index in [2.05, 4.69) is 10.1 Å². The fraction of sp³-hybridized carbons (Fsp3) is 0.700. The fourth-order valence-corrected chi connectivity index (χ4v) is 0.928. The SMILES string of the molecule is CCOC(=O)c1noc(C(C)(C)CC)n1. The maximum absolute atomic E-state index is 11.3. The van der Waals surface area contributed by atoms with Gasteiger partial charge < -0.3 is 9.26 Å². The van der Waals surface area contributed by atoms with Crippen LogP contribution < -0.4 is 0 Å². The van der Waals surface area contributed by atoms with Gasteiger partial charge in [0.05, 0.1) is 6.61 Å². The molecule has 84 valence electrons. The highest BCUT2D eigenvalue weighted by atomic mass is 16.5. The van der Waals surface area contributed by atoms with Crippen molar-refractivity contribution >= 4 is 5.97 Å². The average Bonchev–Trinajstić information content (AvgIpc) is 2.67. The minimum atomic E-state index is -0.542. The lowest BCUT2D eigenvalue weighted by atomic mass is 9.90. The second kappa shape index (κ2) is 4.42. The zero-order chi connectivity index (χ0) is 11.5. The smallest absolute Gasteiger partial charge is 0.379 e. The Labute approximate surface area is 88.8 Å². The first-order chi connectivity index (χ1) is 7.01. The van der Waals surface area contributed by atoms with Crippen LogP contribution in [-0.2, 0) is 10.2 Å². The molecule has 0 spiro atoms. The van der Waals surface area contributed by atoms with Gasteiger partial charge in [0.1, 0.15) is 0 Å². The van der Waals surface area contributed by atoms with E-state index < -0.39 is 5.97 Å². The van der Waals surface area contributed by atoms with Crippen molar-refractivity contribution in [1.82, 2.24) is 10.1 Å². The highest BCUT2D eigenvalue weighted by Crippen LogP contribution is 2.24. The minimum absolute atomic E-state index is 0.00613. The molecule has 0 aliphatic rings. The van der Waals surface area contributed by atoms with Gasteiger partial charge in [0.2, 0.25) is 5.89 Å². The summed E-state index contributed by atoms with van der Waals surface area (Å²) in [4.78, 5) is 15.3. The van der Waals surface area contributed by atoms with Gasteiger partial charge in [-0.15, -0.1) is 0 Å². The van der Waals surface area contributed by atoms with E-state index in [0.29, 0.717) is 12.5 Å². The molecular formula is C10H16N2O3. The zero-order valence-electron chi connectivity index (χ0n) is 9.53. The summed E-state index contributed by atoms with van der Waals surface area (Å²) in [6, 6.07) is 0. The van der Waals surface area contributed by atoms with E-state index in [4.69, 9.17) is 9.26 Å². The number of carbonyl (C=O) groups excluding carboxylic acids is 1. The third kappa shape index (κ3) is 2.55. The molecule has 0 saturated carbocycles. The molecular weight excluding hydrogens is 196 g/mol. The number of hydrogen-bond donors (Lipinski definition) is 0. The molecule has 0 fully saturated rings. The molecule has 0 unspecified atom stereocenters. The molecule has 0 saturated heterocycles. The number of esters is 1. The maximum Gasteiger partial charge on any atom is 0.379 e. The molecule has 15 heavy (non-hydrogen) atoms. The first kappa shape index (κ1) is 11.7. The number of hydrogen-bond acceptors (Lipinski definition) is 5. The topological polar surface area (TPSA) is 65.2 Å². The highest BCUT2D eigenvalue weighted by molar-refractivity contribution is 5.84. The third-order valence-corrected chi connectivity index (χ3v) is 2.35. The van der Waals surface area contributed by atoms with Gasteiger partial charge in [-0.05, 0) is 18.5 Å². The van der Waals surface area contributed by atoms with E-state index in [1.54, 1.807) is 6.92 Å². The molecule has 0 aliphatic carbocycles. The van der Waals surface area contributed by atoms with Crippen LogP contribution in [0.3, 0.4) is 0 Å². The van der Waals surface area contributed by atoms with Gasteiger partial charge in [0.25, 0.3) is 5.82 Å². The molecule has 5 heteroatoms. The molecule has 1 aromatic rings. The minimum Gasteiger partial charge on any atom is -0.460 e. The van der Waals surface area contributed by atoms with Crippen molar-refractivity contribution < 1.29 is 14.1 Å². The third-order valence-electron chi connectivity index (χ3n) is 2.35. The van der Waals surface area contributed by atoms with Crippen molar-refractivity contribution in [2.75, 3.05) is 6.61 Å². The normalized spacial score (nSPS) is 11.5. The molecule has 0 radical (unpaired) electrons. The van der Waals surface area contributed by atoms with Crippen LogP contribution in [0.15, 0.2) is 4.52 Å². The summed E-state index contributed by atoms with van der Waals surface area (Å²) < 4.78 is 9.79. The molecule has 0 N–H and O–H groups in total. The van der Waals surface area contributed by atoms with Crippen molar-refractivity contribution in [1.29, 1.82) is 0 Å². The van der Waals surface area contributed by atoms with Crippen LogP contribution >= 0.6 is 0 Å². The summed E-state index contributed by atoms with van der Waals surface area (Å²) in [5, 5.41) is 3.59. The number of aromatic nitrogens is 2. The number of carbonyl (C=O) groups is 1. The Morgan fingerprint density at radius 1 is 1.47 bits per heavy atom. The van der Waals surface area contributed by atoms with E-state index in [0.717, 1.165) is 6.42 Å². The lowest BCUT2D eigenvalue weighted by Gasteiger charge is -2.15. The maximum atomic E-state index is 11.3. The molecule has 0 amide bonds. The predicted octanol–water partition coefficient (Wildman–Crippen LogP) is 1.93. The van der Waals surface area contributed by atoms with E-state index in [-0.39, 0.29) is 11.2 Å². The van der Waals surface area contributed by atoms with E-state index in [1.165, 1.54) is 0 Å². The molecule has 1 aromatic heterocycles. The summed E-state index contributed by atoms with van der Waals surface area (Å²) >= 11 is 0. The van der Waals surface area contributed by atoms with Crippen LogP contribution in [0.2, 0.25) is 0 Å². The van der Waals surface area contributed by atoms with Gasteiger partial charge in [-0.25, -0.2) is 4.79 Å². The monoisotopic (exact) mass is 212 g/mol. The number of ether oxygens (including phenoxy) is 1. The Hall–Kier alpha value is -1.39.